The van der Waals surface area contributed by atoms with E-state index in [9.17, 15) is 0 Å². The fourth-order valence-electron chi connectivity index (χ4n) is 0.486. The summed E-state index contributed by atoms with van der Waals surface area (Å²) >= 11 is 0. The van der Waals surface area contributed by atoms with Crippen molar-refractivity contribution in [2.75, 3.05) is 12.8 Å². The Kier molecular flexibility index (Phi) is 5.99. The number of ether oxygens (including phenoxy) is 1. The van der Waals surface area contributed by atoms with Crippen LogP contribution in [0.4, 0.5) is 0 Å². The number of hydrogen-bond donors (Lipinski definition) is 0. The van der Waals surface area contributed by atoms with Crippen LogP contribution >= 0.6 is 0 Å². The van der Waals surface area contributed by atoms with E-state index in [1.165, 1.54) is 0 Å². The third kappa shape index (κ3) is 7.92. The lowest BCUT2D eigenvalue weighted by Crippen LogP contribution is -2.06. The Labute approximate surface area is 59.9 Å². The third-order valence-electron chi connectivity index (χ3n) is 0.917. The Balaban J connectivity index is 2.82. The summed E-state index contributed by atoms with van der Waals surface area (Å²) in [5.74, 6) is 0.670. The largest absolute Gasteiger partial charge is 0.385 e. The van der Waals surface area contributed by atoms with Gasteiger partial charge in [-0.1, -0.05) is 13.8 Å². The van der Waals surface area contributed by atoms with E-state index in [1.807, 2.05) is 5.70 Å². The number of hydrogen-bond acceptors (Lipinski definition) is 1. The van der Waals surface area contributed by atoms with Crippen LogP contribution in [0.5, 0.6) is 0 Å². The summed E-state index contributed by atoms with van der Waals surface area (Å²) in [6.07, 6.45) is 0.960. The second kappa shape index (κ2) is 6.04. The van der Waals surface area contributed by atoms with Crippen LogP contribution in [0.3, 0.4) is 0 Å². The third-order valence-corrected chi connectivity index (χ3v) is 1.85. The Bertz CT molecular complexity index is 71.3. The zero-order valence-corrected chi connectivity index (χ0v) is 7.81. The molecule has 0 aromatic rings. The molecule has 0 atom stereocenters. The molecule has 0 aliphatic heterocycles. The van der Waals surface area contributed by atoms with Gasteiger partial charge in [0.2, 0.25) is 0 Å². The molecule has 0 N–H and O–H groups in total. The van der Waals surface area contributed by atoms with Gasteiger partial charge in [-0.05, 0) is 5.92 Å². The van der Waals surface area contributed by atoms with Crippen molar-refractivity contribution in [3.8, 4) is 0 Å². The van der Waals surface area contributed by atoms with Gasteiger partial charge >= 0.3 is 0 Å². The summed E-state index contributed by atoms with van der Waals surface area (Å²) in [6.45, 7) is 8.89. The summed E-state index contributed by atoms with van der Waals surface area (Å²) < 4.78 is 5.33. The molecule has 0 aliphatic carbocycles. The molecule has 0 heterocycles. The highest BCUT2D eigenvalue weighted by Crippen LogP contribution is 1.90. The van der Waals surface area contributed by atoms with Crippen molar-refractivity contribution >= 4 is 9.52 Å². The van der Waals surface area contributed by atoms with Crippen molar-refractivity contribution in [3.05, 3.63) is 12.3 Å². The average molecular weight is 144 g/mol. The first kappa shape index (κ1) is 8.92. The first-order valence-electron chi connectivity index (χ1n) is 3.46. The monoisotopic (exact) mass is 144 g/mol. The maximum Gasteiger partial charge on any atom is 0.0749 e. The van der Waals surface area contributed by atoms with Gasteiger partial charge in [-0.2, -0.15) is 0 Å². The fourth-order valence-corrected chi connectivity index (χ4v) is 0.986. The van der Waals surface area contributed by atoms with E-state index < -0.39 is 0 Å². The van der Waals surface area contributed by atoms with Crippen molar-refractivity contribution in [2.45, 2.75) is 13.8 Å². The molecule has 0 saturated carbocycles. The molecule has 0 aromatic carbocycles. The highest BCUT2D eigenvalue weighted by molar-refractivity contribution is 6.41. The molecule has 0 amide bonds. The van der Waals surface area contributed by atoms with E-state index >= 15 is 0 Å². The lowest BCUT2D eigenvalue weighted by molar-refractivity contribution is 0.148. The normalized spacial score (nSPS) is 11.4. The fraction of sp³-hybridized carbons (Fsp3) is 0.714. The van der Waals surface area contributed by atoms with Crippen LogP contribution < -0.4 is 0 Å². The van der Waals surface area contributed by atoms with Gasteiger partial charge in [-0.25, -0.2) is 0 Å². The van der Waals surface area contributed by atoms with Crippen molar-refractivity contribution in [1.29, 1.82) is 0 Å². The highest BCUT2D eigenvalue weighted by Gasteiger charge is 1.90. The van der Waals surface area contributed by atoms with E-state index in [4.69, 9.17) is 4.74 Å². The van der Waals surface area contributed by atoms with E-state index in [0.717, 1.165) is 12.8 Å². The summed E-state index contributed by atoms with van der Waals surface area (Å²) in [7, 11) is -0.0796. The van der Waals surface area contributed by atoms with E-state index in [0.29, 0.717) is 5.92 Å². The van der Waals surface area contributed by atoms with Crippen molar-refractivity contribution in [3.63, 3.8) is 0 Å². The Morgan fingerprint density at radius 1 is 1.67 bits per heavy atom. The van der Waals surface area contributed by atoms with Gasteiger partial charge in [0, 0.05) is 12.8 Å². The van der Waals surface area contributed by atoms with Crippen LogP contribution in [0.25, 0.3) is 0 Å². The van der Waals surface area contributed by atoms with Gasteiger partial charge in [-0.15, -0.1) is 12.3 Å². The molecule has 0 bridgehead atoms. The molecular formula is C7H16OSi. The van der Waals surface area contributed by atoms with Gasteiger partial charge in [0.05, 0.1) is 9.52 Å². The smallest absolute Gasteiger partial charge is 0.0749 e. The minimum Gasteiger partial charge on any atom is -0.385 e. The van der Waals surface area contributed by atoms with Crippen LogP contribution in [0, 0.1) is 5.92 Å². The molecule has 0 rings (SSSR count). The molecule has 0 spiro atoms. The second-order valence-corrected chi connectivity index (χ2v) is 4.11. The van der Waals surface area contributed by atoms with Gasteiger partial charge in [0.1, 0.15) is 0 Å². The quantitative estimate of drug-likeness (QED) is 0.412. The summed E-state index contributed by atoms with van der Waals surface area (Å²) in [4.78, 5) is 0. The van der Waals surface area contributed by atoms with E-state index in [-0.39, 0.29) is 9.52 Å². The molecular weight excluding hydrogens is 128 g/mol. The maximum atomic E-state index is 5.33. The lowest BCUT2D eigenvalue weighted by atomic mass is 10.2. The average Bonchev–Trinajstić information content (AvgIpc) is 1.80. The first-order chi connectivity index (χ1) is 4.27. The summed E-state index contributed by atoms with van der Waals surface area (Å²) in [5.41, 5.74) is 2.01. The Hall–Kier alpha value is -0.0831. The molecule has 0 aromatic heterocycles. The van der Waals surface area contributed by atoms with Crippen LogP contribution in [0.2, 0.25) is 0 Å². The second-order valence-electron chi connectivity index (χ2n) is 2.55. The topological polar surface area (TPSA) is 9.23 Å². The molecule has 2 heteroatoms. The molecule has 0 radical (unpaired) electrons. The zero-order valence-electron chi connectivity index (χ0n) is 6.39. The van der Waals surface area contributed by atoms with Crippen molar-refractivity contribution < 1.29 is 4.74 Å². The molecule has 0 saturated heterocycles. The minimum atomic E-state index is -0.0796. The van der Waals surface area contributed by atoms with Gasteiger partial charge in [0.25, 0.3) is 0 Å². The predicted octanol–water partition coefficient (Wildman–Crippen LogP) is 0.929. The van der Waals surface area contributed by atoms with Crippen molar-refractivity contribution in [2.24, 2.45) is 5.92 Å². The molecule has 54 valence electrons. The predicted molar refractivity (Wildman–Crippen MR) is 44.4 cm³/mol. The molecule has 9 heavy (non-hydrogen) atoms. The van der Waals surface area contributed by atoms with Crippen LogP contribution in [-0.4, -0.2) is 22.4 Å². The molecule has 1 nitrogen and oxygen atoms in total. The SMILES string of the molecule is C=C[SiH2]COCC(C)C. The molecule has 0 unspecified atom stereocenters. The standard InChI is InChI=1S/C7H16OSi/c1-4-9-6-8-5-7(2)3/h4,7H,1,5-6,9H2,2-3H3. The highest BCUT2D eigenvalue weighted by atomic mass is 28.2. The first-order valence-corrected chi connectivity index (χ1v) is 5.27. The van der Waals surface area contributed by atoms with Crippen LogP contribution in [-0.2, 0) is 4.74 Å². The van der Waals surface area contributed by atoms with E-state index in [2.05, 4.69) is 20.4 Å². The van der Waals surface area contributed by atoms with Crippen molar-refractivity contribution in [1.82, 2.24) is 0 Å². The summed E-state index contributed by atoms with van der Waals surface area (Å²) in [5, 5.41) is 0. The van der Waals surface area contributed by atoms with Crippen LogP contribution in [0.15, 0.2) is 12.3 Å². The van der Waals surface area contributed by atoms with Gasteiger partial charge in [0.15, 0.2) is 0 Å². The zero-order chi connectivity index (χ0) is 7.11. The van der Waals surface area contributed by atoms with Crippen LogP contribution in [0.1, 0.15) is 13.8 Å². The van der Waals surface area contributed by atoms with Gasteiger partial charge in [-0.3, -0.25) is 0 Å². The lowest BCUT2D eigenvalue weighted by Gasteiger charge is -2.03. The van der Waals surface area contributed by atoms with E-state index in [1.54, 1.807) is 0 Å². The number of rotatable bonds is 5. The minimum absolute atomic E-state index is 0.0796. The Morgan fingerprint density at radius 3 is 2.78 bits per heavy atom. The molecule has 0 aliphatic rings. The Morgan fingerprint density at radius 2 is 2.33 bits per heavy atom. The maximum absolute atomic E-state index is 5.33. The summed E-state index contributed by atoms with van der Waals surface area (Å²) in [6, 6.07) is 0. The molecule has 0 fully saturated rings. The van der Waals surface area contributed by atoms with Gasteiger partial charge < -0.3 is 4.74 Å².